The summed E-state index contributed by atoms with van der Waals surface area (Å²) in [5.41, 5.74) is 4.06. The molecule has 0 aliphatic heterocycles. The van der Waals surface area contributed by atoms with Gasteiger partial charge < -0.3 is 10.2 Å². The number of carbonyl (C=O) groups is 1. The zero-order valence-corrected chi connectivity index (χ0v) is 19.8. The molecule has 1 N–H and O–H groups in total. The Morgan fingerprint density at radius 3 is 2.21 bits per heavy atom. The van der Waals surface area contributed by atoms with Crippen LogP contribution < -0.4 is 10.2 Å². The number of para-hydroxylation sites is 1. The summed E-state index contributed by atoms with van der Waals surface area (Å²) in [6.07, 6.45) is 0. The average Bonchev–Trinajstić information content (AvgIpc) is 3.27. The van der Waals surface area contributed by atoms with E-state index < -0.39 is 0 Å². The van der Waals surface area contributed by atoms with Gasteiger partial charge in [-0.3, -0.25) is 9.36 Å². The smallest absolute Gasteiger partial charge is 0.234 e. The number of rotatable bonds is 8. The zero-order chi connectivity index (χ0) is 23.2. The van der Waals surface area contributed by atoms with Crippen molar-refractivity contribution < 1.29 is 4.79 Å². The van der Waals surface area contributed by atoms with Gasteiger partial charge in [0, 0.05) is 31.0 Å². The van der Waals surface area contributed by atoms with Crippen molar-refractivity contribution in [3.63, 3.8) is 0 Å². The summed E-state index contributed by atoms with van der Waals surface area (Å²) < 4.78 is 2.11. The van der Waals surface area contributed by atoms with Crippen molar-refractivity contribution in [2.45, 2.75) is 18.1 Å². The molecule has 0 saturated heterocycles. The topological polar surface area (TPSA) is 63.1 Å². The van der Waals surface area contributed by atoms with Gasteiger partial charge in [-0.05, 0) is 36.8 Å². The Balaban J connectivity index is 1.60. The number of nitrogens with one attached hydrogen (secondary N) is 1. The van der Waals surface area contributed by atoms with Gasteiger partial charge in [0.2, 0.25) is 5.91 Å². The molecule has 1 atom stereocenters. The van der Waals surface area contributed by atoms with Crippen LogP contribution in [-0.2, 0) is 4.79 Å². The number of anilines is 2. The molecule has 1 heterocycles. The fraction of sp³-hybridized carbons (Fsp3) is 0.192. The summed E-state index contributed by atoms with van der Waals surface area (Å²) in [4.78, 5) is 14.6. The van der Waals surface area contributed by atoms with Crippen molar-refractivity contribution >= 4 is 29.0 Å². The van der Waals surface area contributed by atoms with Gasteiger partial charge in [-0.2, -0.15) is 0 Å². The highest BCUT2D eigenvalue weighted by Crippen LogP contribution is 2.31. The van der Waals surface area contributed by atoms with Gasteiger partial charge in [0.1, 0.15) is 0 Å². The lowest BCUT2D eigenvalue weighted by Crippen LogP contribution is -2.15. The Hall–Kier alpha value is -3.58. The van der Waals surface area contributed by atoms with Gasteiger partial charge in [0.05, 0.1) is 11.8 Å². The van der Waals surface area contributed by atoms with Crippen LogP contribution in [-0.4, -0.2) is 40.5 Å². The van der Waals surface area contributed by atoms with Crippen LogP contribution in [0.5, 0.6) is 0 Å². The molecule has 0 radical (unpaired) electrons. The Morgan fingerprint density at radius 1 is 0.939 bits per heavy atom. The molecule has 4 rings (SSSR count). The highest BCUT2D eigenvalue weighted by molar-refractivity contribution is 7.99. The number of aromatic nitrogens is 3. The second kappa shape index (κ2) is 10.4. The van der Waals surface area contributed by atoms with Gasteiger partial charge in [-0.15, -0.1) is 10.2 Å². The SMILES string of the molecule is CC(c1ccc(N(C)C)cc1)n1c(SCC(=O)Nc2ccccc2)nnc1-c1ccccc1. The van der Waals surface area contributed by atoms with Crippen molar-refractivity contribution in [3.05, 3.63) is 90.5 Å². The second-order valence-electron chi connectivity index (χ2n) is 7.91. The number of carbonyl (C=O) groups excluding carboxylic acids is 1. The van der Waals surface area contributed by atoms with Crippen molar-refractivity contribution in [1.29, 1.82) is 0 Å². The molecule has 0 aliphatic carbocycles. The third-order valence-electron chi connectivity index (χ3n) is 5.37. The van der Waals surface area contributed by atoms with E-state index in [9.17, 15) is 4.79 Å². The average molecular weight is 458 g/mol. The van der Waals surface area contributed by atoms with E-state index in [2.05, 4.69) is 56.2 Å². The monoisotopic (exact) mass is 457 g/mol. The van der Waals surface area contributed by atoms with Crippen LogP contribution in [0.4, 0.5) is 11.4 Å². The molecule has 7 heteroatoms. The molecule has 1 aromatic heterocycles. The maximum Gasteiger partial charge on any atom is 0.234 e. The molecule has 168 valence electrons. The summed E-state index contributed by atoms with van der Waals surface area (Å²) in [5.74, 6) is 0.949. The summed E-state index contributed by atoms with van der Waals surface area (Å²) in [7, 11) is 4.06. The van der Waals surface area contributed by atoms with Gasteiger partial charge in [-0.1, -0.05) is 72.4 Å². The number of nitrogens with zero attached hydrogens (tertiary/aromatic N) is 4. The Labute approximate surface area is 198 Å². The molecule has 0 fully saturated rings. The van der Waals surface area contributed by atoms with Crippen LogP contribution in [0.25, 0.3) is 11.4 Å². The molecule has 0 bridgehead atoms. The maximum atomic E-state index is 12.5. The van der Waals surface area contributed by atoms with Crippen molar-refractivity contribution in [3.8, 4) is 11.4 Å². The fourth-order valence-corrected chi connectivity index (χ4v) is 4.37. The van der Waals surface area contributed by atoms with Crippen LogP contribution in [0, 0.1) is 0 Å². The third-order valence-corrected chi connectivity index (χ3v) is 6.31. The van der Waals surface area contributed by atoms with E-state index in [0.29, 0.717) is 5.16 Å². The number of thioether (sulfide) groups is 1. The predicted molar refractivity (Wildman–Crippen MR) is 136 cm³/mol. The largest absolute Gasteiger partial charge is 0.378 e. The molecule has 6 nitrogen and oxygen atoms in total. The maximum absolute atomic E-state index is 12.5. The first kappa shape index (κ1) is 22.6. The molecule has 1 amide bonds. The number of hydrogen-bond donors (Lipinski definition) is 1. The predicted octanol–water partition coefficient (Wildman–Crippen LogP) is 5.35. The van der Waals surface area contributed by atoms with E-state index in [1.165, 1.54) is 11.8 Å². The minimum atomic E-state index is -0.0787. The first-order valence-corrected chi connectivity index (χ1v) is 11.8. The quantitative estimate of drug-likeness (QED) is 0.361. The van der Waals surface area contributed by atoms with Crippen LogP contribution in [0.3, 0.4) is 0 Å². The van der Waals surface area contributed by atoms with Crippen LogP contribution in [0.1, 0.15) is 18.5 Å². The van der Waals surface area contributed by atoms with E-state index in [1.807, 2.05) is 74.8 Å². The van der Waals surface area contributed by atoms with Crippen LogP contribution in [0.15, 0.2) is 90.1 Å². The van der Waals surface area contributed by atoms with Gasteiger partial charge in [0.25, 0.3) is 0 Å². The Bertz CT molecular complexity index is 1190. The Kier molecular flexibility index (Phi) is 7.10. The molecule has 0 aliphatic rings. The number of amides is 1. The van der Waals surface area contributed by atoms with E-state index in [-0.39, 0.29) is 17.7 Å². The molecule has 1 unspecified atom stereocenters. The third kappa shape index (κ3) is 5.43. The van der Waals surface area contributed by atoms with E-state index in [1.54, 1.807) is 0 Å². The van der Waals surface area contributed by atoms with Crippen molar-refractivity contribution in [2.75, 3.05) is 30.1 Å². The normalized spacial score (nSPS) is 11.7. The fourth-order valence-electron chi connectivity index (χ4n) is 3.56. The summed E-state index contributed by atoms with van der Waals surface area (Å²) >= 11 is 1.39. The van der Waals surface area contributed by atoms with E-state index in [4.69, 9.17) is 0 Å². The zero-order valence-electron chi connectivity index (χ0n) is 19.0. The first-order chi connectivity index (χ1) is 16.0. The second-order valence-corrected chi connectivity index (χ2v) is 8.85. The van der Waals surface area contributed by atoms with Gasteiger partial charge in [-0.25, -0.2) is 0 Å². The molecule has 4 aromatic rings. The minimum Gasteiger partial charge on any atom is -0.378 e. The van der Waals surface area contributed by atoms with Crippen molar-refractivity contribution in [1.82, 2.24) is 14.8 Å². The van der Waals surface area contributed by atoms with Gasteiger partial charge >= 0.3 is 0 Å². The molecule has 0 spiro atoms. The van der Waals surface area contributed by atoms with E-state index >= 15 is 0 Å². The lowest BCUT2D eigenvalue weighted by molar-refractivity contribution is -0.113. The highest BCUT2D eigenvalue weighted by atomic mass is 32.2. The lowest BCUT2D eigenvalue weighted by atomic mass is 10.1. The lowest BCUT2D eigenvalue weighted by Gasteiger charge is -2.20. The number of benzene rings is 3. The Morgan fingerprint density at radius 2 is 1.58 bits per heavy atom. The van der Waals surface area contributed by atoms with E-state index in [0.717, 1.165) is 28.3 Å². The molecule has 0 saturated carbocycles. The van der Waals surface area contributed by atoms with Crippen LogP contribution >= 0.6 is 11.8 Å². The van der Waals surface area contributed by atoms with Crippen molar-refractivity contribution in [2.24, 2.45) is 0 Å². The number of hydrogen-bond acceptors (Lipinski definition) is 5. The molecule has 3 aromatic carbocycles. The molecular weight excluding hydrogens is 430 g/mol. The first-order valence-electron chi connectivity index (χ1n) is 10.8. The highest BCUT2D eigenvalue weighted by Gasteiger charge is 2.21. The standard InChI is InChI=1S/C26H27N5OS/c1-19(20-14-16-23(17-15-20)30(2)3)31-25(21-10-6-4-7-11-21)28-29-26(31)33-18-24(32)27-22-12-8-5-9-13-22/h4-17,19H,18H2,1-3H3,(H,27,32). The summed E-state index contributed by atoms with van der Waals surface area (Å²) in [6, 6.07) is 28.0. The minimum absolute atomic E-state index is 0.00824. The molecule has 33 heavy (non-hydrogen) atoms. The van der Waals surface area contributed by atoms with Crippen LogP contribution in [0.2, 0.25) is 0 Å². The van der Waals surface area contributed by atoms with Gasteiger partial charge in [0.15, 0.2) is 11.0 Å². The summed E-state index contributed by atoms with van der Waals surface area (Å²) in [5, 5.41) is 12.6. The summed E-state index contributed by atoms with van der Waals surface area (Å²) in [6.45, 7) is 2.13. The molecular formula is C26H27N5OS.